The second-order valence-corrected chi connectivity index (χ2v) is 5.70. The molecule has 0 saturated carbocycles. The van der Waals surface area contributed by atoms with Crippen LogP contribution in [0.2, 0.25) is 0 Å². The second-order valence-electron chi connectivity index (χ2n) is 5.70. The lowest BCUT2D eigenvalue weighted by Gasteiger charge is -2.30. The Balaban J connectivity index is 2.27. The van der Waals surface area contributed by atoms with Crippen LogP contribution in [-0.4, -0.2) is 54.9 Å². The molecule has 1 aliphatic rings. The van der Waals surface area contributed by atoms with Crippen molar-refractivity contribution in [2.45, 2.75) is 45.2 Å². The van der Waals surface area contributed by atoms with Crippen LogP contribution in [-0.2, 0) is 0 Å². The maximum absolute atomic E-state index is 11.8. The van der Waals surface area contributed by atoms with E-state index in [9.17, 15) is 9.90 Å². The summed E-state index contributed by atoms with van der Waals surface area (Å²) >= 11 is 0. The normalized spacial score (nSPS) is 19.8. The SMILES string of the molecule is CC(C)CC(CO)NC(=O)NC1CCN(C)CC1. The van der Waals surface area contributed by atoms with Gasteiger partial charge < -0.3 is 20.6 Å². The molecular weight excluding hydrogens is 230 g/mol. The fraction of sp³-hybridized carbons (Fsp3) is 0.923. The zero-order valence-electron chi connectivity index (χ0n) is 11.8. The van der Waals surface area contributed by atoms with Crippen molar-refractivity contribution in [3.05, 3.63) is 0 Å². The van der Waals surface area contributed by atoms with Gasteiger partial charge in [0.15, 0.2) is 0 Å². The van der Waals surface area contributed by atoms with E-state index in [1.54, 1.807) is 0 Å². The summed E-state index contributed by atoms with van der Waals surface area (Å²) in [6.45, 7) is 6.22. The number of likely N-dealkylation sites (tertiary alicyclic amines) is 1. The molecule has 1 saturated heterocycles. The summed E-state index contributed by atoms with van der Waals surface area (Å²) in [4.78, 5) is 14.1. The van der Waals surface area contributed by atoms with Gasteiger partial charge in [0.2, 0.25) is 0 Å². The first-order chi connectivity index (χ1) is 8.51. The molecule has 0 aromatic heterocycles. The largest absolute Gasteiger partial charge is 0.394 e. The van der Waals surface area contributed by atoms with Crippen molar-refractivity contribution in [1.29, 1.82) is 0 Å². The molecule has 0 aromatic carbocycles. The number of carbonyl (C=O) groups is 1. The number of rotatable bonds is 5. The highest BCUT2D eigenvalue weighted by Gasteiger charge is 2.19. The summed E-state index contributed by atoms with van der Waals surface area (Å²) in [6, 6.07) is -0.0277. The third-order valence-electron chi connectivity index (χ3n) is 3.37. The van der Waals surface area contributed by atoms with Crippen molar-refractivity contribution in [2.75, 3.05) is 26.7 Å². The third kappa shape index (κ3) is 5.69. The van der Waals surface area contributed by atoms with Crippen molar-refractivity contribution < 1.29 is 9.90 Å². The molecular formula is C13H27N3O2. The number of hydrogen-bond donors (Lipinski definition) is 3. The zero-order valence-corrected chi connectivity index (χ0v) is 11.8. The second kappa shape index (κ2) is 7.59. The van der Waals surface area contributed by atoms with Crippen LogP contribution in [0.1, 0.15) is 33.1 Å². The van der Waals surface area contributed by atoms with E-state index in [1.165, 1.54) is 0 Å². The van der Waals surface area contributed by atoms with Crippen molar-refractivity contribution >= 4 is 6.03 Å². The highest BCUT2D eigenvalue weighted by atomic mass is 16.3. The van der Waals surface area contributed by atoms with Crippen LogP contribution in [0.25, 0.3) is 0 Å². The summed E-state index contributed by atoms with van der Waals surface area (Å²) in [5.74, 6) is 0.464. The fourth-order valence-corrected chi connectivity index (χ4v) is 2.31. The maximum atomic E-state index is 11.8. The minimum Gasteiger partial charge on any atom is -0.394 e. The molecule has 2 amide bonds. The number of amides is 2. The van der Waals surface area contributed by atoms with Crippen molar-refractivity contribution in [2.24, 2.45) is 5.92 Å². The smallest absolute Gasteiger partial charge is 0.315 e. The number of aliphatic hydroxyl groups excluding tert-OH is 1. The molecule has 1 atom stereocenters. The van der Waals surface area contributed by atoms with E-state index in [-0.39, 0.29) is 24.7 Å². The quantitative estimate of drug-likeness (QED) is 0.682. The van der Waals surface area contributed by atoms with Gasteiger partial charge in [-0.05, 0) is 45.3 Å². The Morgan fingerprint density at radius 1 is 1.39 bits per heavy atom. The Labute approximate surface area is 110 Å². The third-order valence-corrected chi connectivity index (χ3v) is 3.37. The van der Waals surface area contributed by atoms with Crippen LogP contribution in [0.3, 0.4) is 0 Å². The molecule has 5 nitrogen and oxygen atoms in total. The fourth-order valence-electron chi connectivity index (χ4n) is 2.31. The molecule has 0 bridgehead atoms. The topological polar surface area (TPSA) is 64.6 Å². The molecule has 1 rings (SSSR count). The summed E-state index contributed by atoms with van der Waals surface area (Å²) in [7, 11) is 2.10. The first kappa shape index (κ1) is 15.2. The predicted molar refractivity (Wildman–Crippen MR) is 72.5 cm³/mol. The zero-order chi connectivity index (χ0) is 13.5. The molecule has 0 radical (unpaired) electrons. The summed E-state index contributed by atoms with van der Waals surface area (Å²) < 4.78 is 0. The van der Waals surface area contributed by atoms with Gasteiger partial charge in [-0.1, -0.05) is 13.8 Å². The molecule has 1 heterocycles. The number of nitrogens with one attached hydrogen (secondary N) is 2. The van der Waals surface area contributed by atoms with E-state index >= 15 is 0 Å². The average molecular weight is 257 g/mol. The van der Waals surface area contributed by atoms with Crippen LogP contribution in [0.5, 0.6) is 0 Å². The van der Waals surface area contributed by atoms with Crippen LogP contribution in [0, 0.1) is 5.92 Å². The Morgan fingerprint density at radius 2 is 2.00 bits per heavy atom. The van der Waals surface area contributed by atoms with Gasteiger partial charge >= 0.3 is 6.03 Å². The van der Waals surface area contributed by atoms with E-state index in [2.05, 4.69) is 36.4 Å². The number of hydrogen-bond acceptors (Lipinski definition) is 3. The molecule has 1 unspecified atom stereocenters. The van der Waals surface area contributed by atoms with Gasteiger partial charge in [-0.15, -0.1) is 0 Å². The molecule has 1 aliphatic heterocycles. The first-order valence-electron chi connectivity index (χ1n) is 6.87. The predicted octanol–water partition coefficient (Wildman–Crippen LogP) is 0.787. The Hall–Kier alpha value is -0.810. The van der Waals surface area contributed by atoms with Crippen LogP contribution in [0.4, 0.5) is 4.79 Å². The van der Waals surface area contributed by atoms with Crippen LogP contribution in [0.15, 0.2) is 0 Å². The van der Waals surface area contributed by atoms with E-state index in [1.807, 2.05) is 0 Å². The van der Waals surface area contributed by atoms with Crippen molar-refractivity contribution in [3.63, 3.8) is 0 Å². The Bertz CT molecular complexity index is 251. The molecule has 1 fully saturated rings. The monoisotopic (exact) mass is 257 g/mol. The van der Waals surface area contributed by atoms with Gasteiger partial charge in [0.1, 0.15) is 0 Å². The van der Waals surface area contributed by atoms with E-state index in [4.69, 9.17) is 0 Å². The van der Waals surface area contributed by atoms with Gasteiger partial charge in [-0.2, -0.15) is 0 Å². The van der Waals surface area contributed by atoms with Crippen LogP contribution >= 0.6 is 0 Å². The molecule has 3 N–H and O–H groups in total. The van der Waals surface area contributed by atoms with Gasteiger partial charge in [0.25, 0.3) is 0 Å². The summed E-state index contributed by atoms with van der Waals surface area (Å²) in [5, 5.41) is 15.0. The highest BCUT2D eigenvalue weighted by Crippen LogP contribution is 2.08. The number of urea groups is 1. The Kier molecular flexibility index (Phi) is 6.43. The lowest BCUT2D eigenvalue weighted by Crippen LogP contribution is -2.50. The van der Waals surface area contributed by atoms with Gasteiger partial charge in [-0.25, -0.2) is 4.79 Å². The molecule has 5 heteroatoms. The number of piperidine rings is 1. The number of aliphatic hydroxyl groups is 1. The van der Waals surface area contributed by atoms with Crippen molar-refractivity contribution in [3.8, 4) is 0 Å². The molecule has 0 aromatic rings. The first-order valence-corrected chi connectivity index (χ1v) is 6.87. The van der Waals surface area contributed by atoms with E-state index in [0.717, 1.165) is 32.4 Å². The van der Waals surface area contributed by atoms with Gasteiger partial charge in [0.05, 0.1) is 12.6 Å². The minimum atomic E-state index is -0.149. The maximum Gasteiger partial charge on any atom is 0.315 e. The highest BCUT2D eigenvalue weighted by molar-refractivity contribution is 5.74. The van der Waals surface area contributed by atoms with E-state index < -0.39 is 0 Å². The molecule has 0 aliphatic carbocycles. The standard InChI is InChI=1S/C13H27N3O2/c1-10(2)8-12(9-17)15-13(18)14-11-4-6-16(3)7-5-11/h10-12,17H,4-9H2,1-3H3,(H2,14,15,18). The molecule has 0 spiro atoms. The minimum absolute atomic E-state index is 0.000988. The van der Waals surface area contributed by atoms with Gasteiger partial charge in [-0.3, -0.25) is 0 Å². The Morgan fingerprint density at radius 3 is 2.50 bits per heavy atom. The lowest BCUT2D eigenvalue weighted by atomic mass is 10.0. The average Bonchev–Trinajstić information content (AvgIpc) is 2.30. The van der Waals surface area contributed by atoms with Crippen molar-refractivity contribution in [1.82, 2.24) is 15.5 Å². The summed E-state index contributed by atoms with van der Waals surface area (Å²) in [6.07, 6.45) is 2.80. The van der Waals surface area contributed by atoms with Gasteiger partial charge in [0, 0.05) is 6.04 Å². The number of nitrogens with zero attached hydrogens (tertiary/aromatic N) is 1. The molecule has 106 valence electrons. The lowest BCUT2D eigenvalue weighted by molar-refractivity contribution is 0.194. The number of carbonyl (C=O) groups excluding carboxylic acids is 1. The molecule has 18 heavy (non-hydrogen) atoms. The summed E-state index contributed by atoms with van der Waals surface area (Å²) in [5.41, 5.74) is 0. The van der Waals surface area contributed by atoms with E-state index in [0.29, 0.717) is 5.92 Å². The van der Waals surface area contributed by atoms with Crippen LogP contribution < -0.4 is 10.6 Å².